The minimum Gasteiger partial charge on any atom is -0.437 e. The summed E-state index contributed by atoms with van der Waals surface area (Å²) in [5.41, 5.74) is 2.88. The lowest BCUT2D eigenvalue weighted by atomic mass is 10.3. The first kappa shape index (κ1) is 9.46. The van der Waals surface area contributed by atoms with E-state index in [9.17, 15) is 0 Å². The number of hydrogen-bond donors (Lipinski definition) is 0. The molecule has 2 aromatic rings. The third kappa shape index (κ3) is 1.87. The molecule has 0 N–H and O–H groups in total. The van der Waals surface area contributed by atoms with Crippen molar-refractivity contribution in [1.82, 2.24) is 4.98 Å². The maximum atomic E-state index is 5.53. The van der Waals surface area contributed by atoms with Gasteiger partial charge < -0.3 is 4.42 Å². The van der Waals surface area contributed by atoms with Crippen molar-refractivity contribution in [2.45, 2.75) is 13.8 Å². The Hall–Kier alpha value is -1.09. The highest BCUT2D eigenvalue weighted by molar-refractivity contribution is 9.10. The second-order valence-corrected chi connectivity index (χ2v) is 4.30. The van der Waals surface area contributed by atoms with Gasteiger partial charge in [0, 0.05) is 4.47 Å². The second kappa shape index (κ2) is 3.58. The van der Waals surface area contributed by atoms with E-state index in [1.54, 1.807) is 0 Å². The Morgan fingerprint density at radius 3 is 2.93 bits per heavy atom. The minimum absolute atomic E-state index is 0.665. The topological polar surface area (TPSA) is 26.0 Å². The van der Waals surface area contributed by atoms with Crippen molar-refractivity contribution in [2.24, 2.45) is 0 Å². The first-order chi connectivity index (χ1) is 6.65. The van der Waals surface area contributed by atoms with Gasteiger partial charge in [-0.25, -0.2) is 4.98 Å². The fourth-order valence-electron chi connectivity index (χ4n) is 1.23. The van der Waals surface area contributed by atoms with Crippen LogP contribution in [0.1, 0.15) is 19.7 Å². The zero-order valence-corrected chi connectivity index (χ0v) is 9.63. The molecule has 72 valence electrons. The highest BCUT2D eigenvalue weighted by atomic mass is 79.9. The van der Waals surface area contributed by atoms with Gasteiger partial charge in [0.25, 0.3) is 0 Å². The Morgan fingerprint density at radius 2 is 2.21 bits per heavy atom. The average Bonchev–Trinajstić information content (AvgIpc) is 2.44. The number of allylic oxidation sites excluding steroid dienone is 1. The van der Waals surface area contributed by atoms with E-state index in [0.29, 0.717) is 5.89 Å². The summed E-state index contributed by atoms with van der Waals surface area (Å²) in [7, 11) is 0. The van der Waals surface area contributed by atoms with Gasteiger partial charge in [0.15, 0.2) is 5.58 Å². The summed E-state index contributed by atoms with van der Waals surface area (Å²) in [6.45, 7) is 4.04. The van der Waals surface area contributed by atoms with Crippen LogP contribution < -0.4 is 0 Å². The van der Waals surface area contributed by atoms with Crippen molar-refractivity contribution in [3.05, 3.63) is 34.1 Å². The van der Waals surface area contributed by atoms with Crippen LogP contribution in [-0.4, -0.2) is 4.98 Å². The Bertz CT molecular complexity index is 495. The molecule has 2 nitrogen and oxygen atoms in total. The molecule has 0 aliphatic heterocycles. The molecule has 0 bridgehead atoms. The number of rotatable bonds is 1. The van der Waals surface area contributed by atoms with Gasteiger partial charge in [0.2, 0.25) is 5.89 Å². The summed E-state index contributed by atoms with van der Waals surface area (Å²) in [5, 5.41) is 0. The number of halogens is 1. The maximum Gasteiger partial charge on any atom is 0.219 e. The van der Waals surface area contributed by atoms with E-state index in [-0.39, 0.29) is 0 Å². The molecule has 0 unspecified atom stereocenters. The lowest BCUT2D eigenvalue weighted by Crippen LogP contribution is -1.71. The predicted octanol–water partition coefficient (Wildman–Crippen LogP) is 4.01. The molecule has 3 heteroatoms. The molecule has 0 saturated heterocycles. The molecule has 1 heterocycles. The van der Waals surface area contributed by atoms with Gasteiger partial charge in [-0.15, -0.1) is 0 Å². The Morgan fingerprint density at radius 1 is 1.43 bits per heavy atom. The van der Waals surface area contributed by atoms with E-state index in [0.717, 1.165) is 15.6 Å². The van der Waals surface area contributed by atoms with Crippen LogP contribution in [0.25, 0.3) is 17.2 Å². The molecule has 0 aliphatic carbocycles. The van der Waals surface area contributed by atoms with Crippen molar-refractivity contribution in [2.75, 3.05) is 0 Å². The van der Waals surface area contributed by atoms with E-state index in [1.165, 1.54) is 5.57 Å². The van der Waals surface area contributed by atoms with E-state index in [4.69, 9.17) is 4.42 Å². The van der Waals surface area contributed by atoms with Gasteiger partial charge in [-0.1, -0.05) is 21.5 Å². The first-order valence-corrected chi connectivity index (χ1v) is 5.15. The van der Waals surface area contributed by atoms with Crippen LogP contribution in [0.15, 0.2) is 32.7 Å². The van der Waals surface area contributed by atoms with Crippen molar-refractivity contribution in [3.8, 4) is 0 Å². The number of aromatic nitrogens is 1. The molecule has 14 heavy (non-hydrogen) atoms. The number of hydrogen-bond acceptors (Lipinski definition) is 2. The molecule has 0 atom stereocenters. The van der Waals surface area contributed by atoms with Gasteiger partial charge in [-0.05, 0) is 38.1 Å². The molecular weight excluding hydrogens is 242 g/mol. The van der Waals surface area contributed by atoms with Crippen LogP contribution >= 0.6 is 15.9 Å². The van der Waals surface area contributed by atoms with Gasteiger partial charge in [0.05, 0.1) is 0 Å². The van der Waals surface area contributed by atoms with Crippen molar-refractivity contribution in [3.63, 3.8) is 0 Å². The summed E-state index contributed by atoms with van der Waals surface area (Å²) in [5.74, 6) is 0.665. The largest absolute Gasteiger partial charge is 0.437 e. The third-order valence-corrected chi connectivity index (χ3v) is 2.27. The van der Waals surface area contributed by atoms with E-state index >= 15 is 0 Å². The second-order valence-electron chi connectivity index (χ2n) is 3.39. The zero-order chi connectivity index (χ0) is 10.1. The smallest absolute Gasteiger partial charge is 0.219 e. The molecule has 2 rings (SSSR count). The van der Waals surface area contributed by atoms with E-state index < -0.39 is 0 Å². The number of benzene rings is 1. The van der Waals surface area contributed by atoms with Gasteiger partial charge in [-0.2, -0.15) is 0 Å². The molecule has 1 aromatic heterocycles. The Kier molecular flexibility index (Phi) is 2.42. The molecule has 0 fully saturated rings. The number of fused-ring (bicyclic) bond motifs is 1. The Balaban J connectivity index is 2.57. The van der Waals surface area contributed by atoms with Crippen LogP contribution in [0.2, 0.25) is 0 Å². The average molecular weight is 252 g/mol. The molecule has 0 aliphatic rings. The van der Waals surface area contributed by atoms with Crippen LogP contribution in [0.4, 0.5) is 0 Å². The third-order valence-electron chi connectivity index (χ3n) is 1.78. The Labute approximate surface area is 90.8 Å². The van der Waals surface area contributed by atoms with Crippen LogP contribution in [0, 0.1) is 0 Å². The molecule has 0 amide bonds. The monoisotopic (exact) mass is 251 g/mol. The molecule has 0 radical (unpaired) electrons. The van der Waals surface area contributed by atoms with Crippen LogP contribution in [0.3, 0.4) is 0 Å². The molecule has 0 saturated carbocycles. The number of oxazole rings is 1. The summed E-state index contributed by atoms with van der Waals surface area (Å²) in [6.07, 6.45) is 1.92. The maximum absolute atomic E-state index is 5.53. The SMILES string of the molecule is CC(C)=Cc1nc2cc(Br)ccc2o1. The summed E-state index contributed by atoms with van der Waals surface area (Å²) < 4.78 is 6.54. The number of nitrogens with zero attached hydrogens (tertiary/aromatic N) is 1. The zero-order valence-electron chi connectivity index (χ0n) is 8.04. The summed E-state index contributed by atoms with van der Waals surface area (Å²) in [4.78, 5) is 4.34. The van der Waals surface area contributed by atoms with Crippen molar-refractivity contribution in [1.29, 1.82) is 0 Å². The predicted molar refractivity (Wildman–Crippen MR) is 61.0 cm³/mol. The lowest BCUT2D eigenvalue weighted by molar-refractivity contribution is 0.589. The van der Waals surface area contributed by atoms with Crippen molar-refractivity contribution >= 4 is 33.1 Å². The molecule has 1 aromatic carbocycles. The summed E-state index contributed by atoms with van der Waals surface area (Å²) >= 11 is 3.40. The van der Waals surface area contributed by atoms with Crippen LogP contribution in [0.5, 0.6) is 0 Å². The highest BCUT2D eigenvalue weighted by Crippen LogP contribution is 2.21. The highest BCUT2D eigenvalue weighted by Gasteiger charge is 2.02. The quantitative estimate of drug-likeness (QED) is 0.766. The minimum atomic E-state index is 0.665. The molecular formula is C11H10BrNO. The fraction of sp³-hybridized carbons (Fsp3) is 0.182. The van der Waals surface area contributed by atoms with Gasteiger partial charge in [0.1, 0.15) is 5.52 Å². The van der Waals surface area contributed by atoms with E-state index in [1.807, 2.05) is 38.1 Å². The lowest BCUT2D eigenvalue weighted by Gasteiger charge is -1.86. The first-order valence-electron chi connectivity index (χ1n) is 4.36. The molecule has 0 spiro atoms. The van der Waals surface area contributed by atoms with Gasteiger partial charge >= 0.3 is 0 Å². The normalized spacial score (nSPS) is 10.5. The van der Waals surface area contributed by atoms with Gasteiger partial charge in [-0.3, -0.25) is 0 Å². The van der Waals surface area contributed by atoms with Crippen molar-refractivity contribution < 1.29 is 4.42 Å². The van der Waals surface area contributed by atoms with Crippen LogP contribution in [-0.2, 0) is 0 Å². The summed E-state index contributed by atoms with van der Waals surface area (Å²) in [6, 6.07) is 5.80. The van der Waals surface area contributed by atoms with E-state index in [2.05, 4.69) is 20.9 Å². The fourth-order valence-corrected chi connectivity index (χ4v) is 1.58. The standard InChI is InChI=1S/C11H10BrNO/c1-7(2)5-11-13-9-6-8(12)3-4-10(9)14-11/h3-6H,1-2H3.